The van der Waals surface area contributed by atoms with Crippen LogP contribution in [0.15, 0.2) is 18.2 Å². The van der Waals surface area contributed by atoms with E-state index in [2.05, 4.69) is 32.0 Å². The van der Waals surface area contributed by atoms with E-state index >= 15 is 0 Å². The Bertz CT molecular complexity index is 374. The van der Waals surface area contributed by atoms with Crippen molar-refractivity contribution in [3.63, 3.8) is 0 Å². The maximum atomic E-state index is 5.98. The topological polar surface area (TPSA) is 35.2 Å². The third-order valence-corrected chi connectivity index (χ3v) is 3.67. The first kappa shape index (κ1) is 17.0. The molecule has 2 nitrogen and oxygen atoms in total. The van der Waals surface area contributed by atoms with E-state index in [1.54, 1.807) is 0 Å². The second kappa shape index (κ2) is 9.82. The van der Waals surface area contributed by atoms with Crippen LogP contribution < -0.4 is 10.5 Å². The third-order valence-electron chi connectivity index (χ3n) is 3.67. The van der Waals surface area contributed by atoms with Gasteiger partial charge in [-0.2, -0.15) is 0 Å². The fraction of sp³-hybridized carbons (Fsp3) is 0.667. The summed E-state index contributed by atoms with van der Waals surface area (Å²) in [5.74, 6) is 0.964. The quantitative estimate of drug-likeness (QED) is 0.601. The molecule has 2 N–H and O–H groups in total. The van der Waals surface area contributed by atoms with Crippen LogP contribution in [0.4, 0.5) is 0 Å². The van der Waals surface area contributed by atoms with Crippen molar-refractivity contribution < 1.29 is 4.74 Å². The number of rotatable bonds is 10. The molecule has 0 radical (unpaired) electrons. The monoisotopic (exact) mass is 277 g/mol. The van der Waals surface area contributed by atoms with E-state index in [4.69, 9.17) is 10.5 Å². The van der Waals surface area contributed by atoms with E-state index in [1.807, 2.05) is 6.92 Å². The van der Waals surface area contributed by atoms with Crippen LogP contribution in [0.2, 0.25) is 0 Å². The van der Waals surface area contributed by atoms with Gasteiger partial charge in [0.05, 0.1) is 6.61 Å². The summed E-state index contributed by atoms with van der Waals surface area (Å²) >= 11 is 0. The SMILES string of the molecule is CCCCCCCCCOc1cc(C)ccc1[C@@H](C)N. The highest BCUT2D eigenvalue weighted by atomic mass is 16.5. The molecule has 1 aromatic rings. The van der Waals surface area contributed by atoms with Crippen molar-refractivity contribution in [2.75, 3.05) is 6.61 Å². The molecule has 0 amide bonds. The Kier molecular flexibility index (Phi) is 8.36. The molecule has 0 unspecified atom stereocenters. The number of nitrogens with two attached hydrogens (primary N) is 1. The first-order valence-corrected chi connectivity index (χ1v) is 8.14. The van der Waals surface area contributed by atoms with Crippen molar-refractivity contribution in [2.24, 2.45) is 5.73 Å². The number of unbranched alkanes of at least 4 members (excludes halogenated alkanes) is 6. The van der Waals surface area contributed by atoms with Gasteiger partial charge >= 0.3 is 0 Å². The summed E-state index contributed by atoms with van der Waals surface area (Å²) in [5, 5.41) is 0. The summed E-state index contributed by atoms with van der Waals surface area (Å²) in [6.45, 7) is 7.15. The Morgan fingerprint density at radius 3 is 2.35 bits per heavy atom. The van der Waals surface area contributed by atoms with E-state index in [-0.39, 0.29) is 6.04 Å². The number of benzene rings is 1. The molecule has 1 atom stereocenters. The van der Waals surface area contributed by atoms with Gasteiger partial charge in [-0.3, -0.25) is 0 Å². The zero-order valence-corrected chi connectivity index (χ0v) is 13.5. The molecule has 1 rings (SSSR count). The first-order chi connectivity index (χ1) is 9.65. The van der Waals surface area contributed by atoms with Gasteiger partial charge in [-0.05, 0) is 31.9 Å². The molecule has 1 aromatic carbocycles. The lowest BCUT2D eigenvalue weighted by atomic mass is 10.1. The van der Waals surface area contributed by atoms with Crippen LogP contribution in [0, 0.1) is 6.92 Å². The minimum atomic E-state index is 0.0274. The van der Waals surface area contributed by atoms with Gasteiger partial charge in [0, 0.05) is 11.6 Å². The molecule has 0 aromatic heterocycles. The zero-order valence-electron chi connectivity index (χ0n) is 13.5. The minimum Gasteiger partial charge on any atom is -0.493 e. The zero-order chi connectivity index (χ0) is 14.8. The summed E-state index contributed by atoms with van der Waals surface area (Å²) in [4.78, 5) is 0. The van der Waals surface area contributed by atoms with Crippen LogP contribution in [-0.4, -0.2) is 6.61 Å². The fourth-order valence-corrected chi connectivity index (χ4v) is 2.38. The highest BCUT2D eigenvalue weighted by Crippen LogP contribution is 2.25. The van der Waals surface area contributed by atoms with Gasteiger partial charge in [0.25, 0.3) is 0 Å². The van der Waals surface area contributed by atoms with Gasteiger partial charge in [-0.15, -0.1) is 0 Å². The van der Waals surface area contributed by atoms with E-state index in [1.165, 1.54) is 44.1 Å². The Labute approximate surface area is 124 Å². The van der Waals surface area contributed by atoms with Gasteiger partial charge in [0.1, 0.15) is 5.75 Å². The van der Waals surface area contributed by atoms with Gasteiger partial charge in [-0.25, -0.2) is 0 Å². The highest BCUT2D eigenvalue weighted by molar-refractivity contribution is 5.38. The van der Waals surface area contributed by atoms with E-state index in [0.717, 1.165) is 24.3 Å². The normalized spacial score (nSPS) is 12.4. The summed E-state index contributed by atoms with van der Waals surface area (Å²) < 4.78 is 5.93. The predicted octanol–water partition coefficient (Wildman–Crippen LogP) is 5.14. The van der Waals surface area contributed by atoms with Crippen molar-refractivity contribution in [3.8, 4) is 5.75 Å². The highest BCUT2D eigenvalue weighted by Gasteiger charge is 2.08. The van der Waals surface area contributed by atoms with Crippen LogP contribution in [0.5, 0.6) is 5.75 Å². The standard InChI is InChI=1S/C18H31NO/c1-4-5-6-7-8-9-10-13-20-18-14-15(2)11-12-17(18)16(3)19/h11-12,14,16H,4-10,13,19H2,1-3H3/t16-/m1/s1. The molecule has 0 saturated heterocycles. The van der Waals surface area contributed by atoms with E-state index < -0.39 is 0 Å². The van der Waals surface area contributed by atoms with E-state index in [9.17, 15) is 0 Å². The van der Waals surface area contributed by atoms with E-state index in [0.29, 0.717) is 0 Å². The molecule has 2 heteroatoms. The molecular weight excluding hydrogens is 246 g/mol. The average Bonchev–Trinajstić information content (AvgIpc) is 2.41. The molecule has 0 heterocycles. The van der Waals surface area contributed by atoms with Crippen LogP contribution in [0.1, 0.15) is 76.0 Å². The maximum Gasteiger partial charge on any atom is 0.124 e. The maximum absolute atomic E-state index is 5.98. The predicted molar refractivity (Wildman–Crippen MR) is 87.3 cm³/mol. The number of aryl methyl sites for hydroxylation is 1. The second-order valence-corrected chi connectivity index (χ2v) is 5.80. The fourth-order valence-electron chi connectivity index (χ4n) is 2.38. The molecule has 0 spiro atoms. The summed E-state index contributed by atoms with van der Waals surface area (Å²) in [6, 6.07) is 6.30. The average molecular weight is 277 g/mol. The van der Waals surface area contributed by atoms with Crippen molar-refractivity contribution >= 4 is 0 Å². The van der Waals surface area contributed by atoms with Crippen molar-refractivity contribution in [3.05, 3.63) is 29.3 Å². The first-order valence-electron chi connectivity index (χ1n) is 8.14. The second-order valence-electron chi connectivity index (χ2n) is 5.80. The third kappa shape index (κ3) is 6.42. The largest absolute Gasteiger partial charge is 0.493 e. The van der Waals surface area contributed by atoms with Gasteiger partial charge in [-0.1, -0.05) is 57.6 Å². The van der Waals surface area contributed by atoms with Gasteiger partial charge < -0.3 is 10.5 Å². The summed E-state index contributed by atoms with van der Waals surface area (Å²) in [6.07, 6.45) is 9.17. The Morgan fingerprint density at radius 1 is 1.05 bits per heavy atom. The van der Waals surface area contributed by atoms with Crippen LogP contribution in [0.3, 0.4) is 0 Å². The Balaban J connectivity index is 2.26. The molecule has 0 bridgehead atoms. The molecule has 114 valence electrons. The lowest BCUT2D eigenvalue weighted by molar-refractivity contribution is 0.300. The molecule has 0 aliphatic carbocycles. The Morgan fingerprint density at radius 2 is 1.70 bits per heavy atom. The molecule has 0 aliphatic heterocycles. The van der Waals surface area contributed by atoms with Gasteiger partial charge in [0.2, 0.25) is 0 Å². The van der Waals surface area contributed by atoms with Crippen molar-refractivity contribution in [1.29, 1.82) is 0 Å². The minimum absolute atomic E-state index is 0.0274. The van der Waals surface area contributed by atoms with Crippen LogP contribution >= 0.6 is 0 Å². The number of hydrogen-bond acceptors (Lipinski definition) is 2. The lowest BCUT2D eigenvalue weighted by Gasteiger charge is -2.14. The van der Waals surface area contributed by atoms with Gasteiger partial charge in [0.15, 0.2) is 0 Å². The molecule has 0 saturated carbocycles. The molecule has 20 heavy (non-hydrogen) atoms. The molecular formula is C18H31NO. The van der Waals surface area contributed by atoms with Crippen molar-refractivity contribution in [1.82, 2.24) is 0 Å². The smallest absolute Gasteiger partial charge is 0.124 e. The molecule has 0 aliphatic rings. The Hall–Kier alpha value is -1.02. The van der Waals surface area contributed by atoms with Crippen LogP contribution in [-0.2, 0) is 0 Å². The van der Waals surface area contributed by atoms with Crippen molar-refractivity contribution in [2.45, 2.75) is 71.8 Å². The van der Waals surface area contributed by atoms with Crippen LogP contribution in [0.25, 0.3) is 0 Å². The number of hydrogen-bond donors (Lipinski definition) is 1. The number of ether oxygens (including phenoxy) is 1. The summed E-state index contributed by atoms with van der Waals surface area (Å²) in [7, 11) is 0. The summed E-state index contributed by atoms with van der Waals surface area (Å²) in [5.41, 5.74) is 8.32. The lowest BCUT2D eigenvalue weighted by Crippen LogP contribution is -2.09. The molecule has 0 fully saturated rings.